The normalized spacial score (nSPS) is 21.0. The quantitative estimate of drug-likeness (QED) is 0.597. The Labute approximate surface area is 125 Å². The summed E-state index contributed by atoms with van der Waals surface area (Å²) in [6.45, 7) is 15.1. The van der Waals surface area contributed by atoms with Gasteiger partial charge in [0.25, 0.3) is 0 Å². The second kappa shape index (κ2) is 9.72. The van der Waals surface area contributed by atoms with Gasteiger partial charge in [-0.2, -0.15) is 0 Å². The van der Waals surface area contributed by atoms with Crippen LogP contribution in [0.2, 0.25) is 0 Å². The lowest BCUT2D eigenvalue weighted by molar-refractivity contribution is 0.131. The van der Waals surface area contributed by atoms with E-state index in [4.69, 9.17) is 0 Å². The van der Waals surface area contributed by atoms with E-state index < -0.39 is 0 Å². The molecule has 2 N–H and O–H groups in total. The van der Waals surface area contributed by atoms with Crippen LogP contribution in [0.15, 0.2) is 0 Å². The van der Waals surface area contributed by atoms with Crippen molar-refractivity contribution >= 4 is 0 Å². The van der Waals surface area contributed by atoms with Crippen LogP contribution in [-0.2, 0) is 0 Å². The molecule has 1 rings (SSSR count). The summed E-state index contributed by atoms with van der Waals surface area (Å²) >= 11 is 0. The number of unbranched alkanes of at least 4 members (excludes halogenated alkanes) is 1. The summed E-state index contributed by atoms with van der Waals surface area (Å²) in [5.41, 5.74) is -0.0864. The Bertz CT molecular complexity index is 242. The predicted molar refractivity (Wildman–Crippen MR) is 86.2 cm³/mol. The lowest BCUT2D eigenvalue weighted by Crippen LogP contribution is -2.47. The molecule has 1 heterocycles. The van der Waals surface area contributed by atoms with Crippen LogP contribution in [0.25, 0.3) is 0 Å². The first-order valence-corrected chi connectivity index (χ1v) is 8.44. The molecular formula is C16H35N3O. The molecule has 0 radical (unpaired) electrons. The highest BCUT2D eigenvalue weighted by Crippen LogP contribution is 2.14. The van der Waals surface area contributed by atoms with Gasteiger partial charge in [0.15, 0.2) is 0 Å². The highest BCUT2D eigenvalue weighted by atomic mass is 16.3. The van der Waals surface area contributed by atoms with Crippen LogP contribution >= 0.6 is 0 Å². The third kappa shape index (κ3) is 6.53. The van der Waals surface area contributed by atoms with Gasteiger partial charge in [-0.25, -0.2) is 0 Å². The van der Waals surface area contributed by atoms with Gasteiger partial charge in [-0.3, -0.25) is 0 Å². The summed E-state index contributed by atoms with van der Waals surface area (Å²) in [7, 11) is 0. The van der Waals surface area contributed by atoms with Gasteiger partial charge in [0, 0.05) is 31.7 Å². The zero-order valence-corrected chi connectivity index (χ0v) is 13.8. The Morgan fingerprint density at radius 1 is 1.05 bits per heavy atom. The van der Waals surface area contributed by atoms with Crippen LogP contribution in [0.5, 0.6) is 0 Å². The molecule has 120 valence electrons. The zero-order valence-electron chi connectivity index (χ0n) is 13.8. The maximum Gasteiger partial charge on any atom is 0.0610 e. The molecule has 0 aromatic carbocycles. The molecule has 1 fully saturated rings. The smallest absolute Gasteiger partial charge is 0.0610 e. The Morgan fingerprint density at radius 2 is 1.70 bits per heavy atom. The topological polar surface area (TPSA) is 38.7 Å². The number of nitrogens with zero attached hydrogens (tertiary/aromatic N) is 2. The number of rotatable bonds is 10. The van der Waals surface area contributed by atoms with Crippen LogP contribution in [0.1, 0.15) is 46.5 Å². The van der Waals surface area contributed by atoms with Gasteiger partial charge in [0.2, 0.25) is 0 Å². The molecule has 0 bridgehead atoms. The number of hydrogen-bond donors (Lipinski definition) is 2. The van der Waals surface area contributed by atoms with E-state index in [1.807, 2.05) is 0 Å². The number of likely N-dealkylation sites (N-methyl/N-ethyl adjacent to an activating group) is 1. The Balaban J connectivity index is 2.11. The summed E-state index contributed by atoms with van der Waals surface area (Å²) in [6.07, 6.45) is 4.63. The average molecular weight is 285 g/mol. The maximum absolute atomic E-state index is 9.54. The predicted octanol–water partition coefficient (Wildman–Crippen LogP) is 1.54. The van der Waals surface area contributed by atoms with E-state index in [0.717, 1.165) is 19.4 Å². The van der Waals surface area contributed by atoms with Crippen molar-refractivity contribution in [2.45, 2.75) is 52.0 Å². The molecule has 0 amide bonds. The largest absolute Gasteiger partial charge is 0.394 e. The number of piperazine rings is 1. The van der Waals surface area contributed by atoms with Gasteiger partial charge in [0.05, 0.1) is 6.61 Å². The van der Waals surface area contributed by atoms with Gasteiger partial charge in [-0.15, -0.1) is 0 Å². The van der Waals surface area contributed by atoms with Gasteiger partial charge >= 0.3 is 0 Å². The molecule has 1 aliphatic heterocycles. The van der Waals surface area contributed by atoms with Crippen LogP contribution in [0.4, 0.5) is 0 Å². The van der Waals surface area contributed by atoms with Crippen LogP contribution in [0.3, 0.4) is 0 Å². The lowest BCUT2D eigenvalue weighted by atomic mass is 9.95. The van der Waals surface area contributed by atoms with Crippen molar-refractivity contribution in [1.29, 1.82) is 0 Å². The van der Waals surface area contributed by atoms with Crippen LogP contribution < -0.4 is 5.32 Å². The van der Waals surface area contributed by atoms with Crippen molar-refractivity contribution in [1.82, 2.24) is 15.1 Å². The number of aliphatic hydroxyl groups excluding tert-OH is 1. The van der Waals surface area contributed by atoms with Gasteiger partial charge in [-0.05, 0) is 45.8 Å². The first kappa shape index (κ1) is 17.9. The van der Waals surface area contributed by atoms with Crippen molar-refractivity contribution in [3.05, 3.63) is 0 Å². The molecule has 0 saturated carbocycles. The maximum atomic E-state index is 9.54. The molecule has 0 spiro atoms. The Kier molecular flexibility index (Phi) is 8.69. The molecule has 1 atom stereocenters. The fourth-order valence-corrected chi connectivity index (χ4v) is 2.83. The molecule has 4 heteroatoms. The van der Waals surface area contributed by atoms with Crippen LogP contribution in [0, 0.1) is 0 Å². The van der Waals surface area contributed by atoms with Gasteiger partial charge < -0.3 is 20.2 Å². The number of hydrogen-bond acceptors (Lipinski definition) is 4. The summed E-state index contributed by atoms with van der Waals surface area (Å²) in [6, 6.07) is 0. The van der Waals surface area contributed by atoms with E-state index in [0.29, 0.717) is 0 Å². The third-order valence-electron chi connectivity index (χ3n) is 4.52. The number of nitrogens with one attached hydrogen (secondary N) is 1. The van der Waals surface area contributed by atoms with E-state index in [2.05, 4.69) is 35.9 Å². The van der Waals surface area contributed by atoms with E-state index in [9.17, 15) is 5.11 Å². The molecule has 4 nitrogen and oxygen atoms in total. The van der Waals surface area contributed by atoms with E-state index in [-0.39, 0.29) is 12.1 Å². The monoisotopic (exact) mass is 285 g/mol. The third-order valence-corrected chi connectivity index (χ3v) is 4.52. The van der Waals surface area contributed by atoms with Crippen molar-refractivity contribution in [2.75, 3.05) is 52.4 Å². The minimum absolute atomic E-state index is 0.0864. The average Bonchev–Trinajstić information content (AvgIpc) is 2.50. The highest BCUT2D eigenvalue weighted by Gasteiger charge is 2.21. The first-order chi connectivity index (χ1) is 9.63. The minimum Gasteiger partial charge on any atom is -0.394 e. The lowest BCUT2D eigenvalue weighted by Gasteiger charge is -2.34. The molecule has 1 saturated heterocycles. The van der Waals surface area contributed by atoms with Crippen molar-refractivity contribution in [3.8, 4) is 0 Å². The van der Waals surface area contributed by atoms with Crippen LogP contribution in [-0.4, -0.2) is 72.9 Å². The number of aliphatic hydroxyl groups is 1. The SMILES string of the molecule is CCCNC(C)(CO)CCCCN1CCN(CC)CC1. The van der Waals surface area contributed by atoms with Crippen molar-refractivity contribution in [2.24, 2.45) is 0 Å². The Morgan fingerprint density at radius 3 is 2.25 bits per heavy atom. The standard InChI is InChI=1S/C16H35N3O/c1-4-9-17-16(3,15-20)8-6-7-10-19-13-11-18(5-2)12-14-19/h17,20H,4-15H2,1-3H3. The second-order valence-corrected chi connectivity index (χ2v) is 6.38. The highest BCUT2D eigenvalue weighted by molar-refractivity contribution is 4.82. The summed E-state index contributed by atoms with van der Waals surface area (Å²) in [5.74, 6) is 0. The fourth-order valence-electron chi connectivity index (χ4n) is 2.83. The van der Waals surface area contributed by atoms with E-state index in [1.54, 1.807) is 0 Å². The molecule has 20 heavy (non-hydrogen) atoms. The molecule has 0 aliphatic carbocycles. The van der Waals surface area contributed by atoms with Crippen molar-refractivity contribution < 1.29 is 5.11 Å². The molecule has 1 aliphatic rings. The zero-order chi connectivity index (χ0) is 14.8. The molecule has 0 aromatic rings. The summed E-state index contributed by atoms with van der Waals surface area (Å²) < 4.78 is 0. The van der Waals surface area contributed by atoms with E-state index in [1.165, 1.54) is 52.1 Å². The van der Waals surface area contributed by atoms with E-state index >= 15 is 0 Å². The molecule has 1 unspecified atom stereocenters. The minimum atomic E-state index is -0.0864. The molecular weight excluding hydrogens is 250 g/mol. The first-order valence-electron chi connectivity index (χ1n) is 8.44. The summed E-state index contributed by atoms with van der Waals surface area (Å²) in [4.78, 5) is 5.11. The molecule has 0 aromatic heterocycles. The van der Waals surface area contributed by atoms with Crippen molar-refractivity contribution in [3.63, 3.8) is 0 Å². The fraction of sp³-hybridized carbons (Fsp3) is 1.00. The van der Waals surface area contributed by atoms with Gasteiger partial charge in [0.1, 0.15) is 0 Å². The second-order valence-electron chi connectivity index (χ2n) is 6.38. The van der Waals surface area contributed by atoms with Gasteiger partial charge in [-0.1, -0.05) is 20.3 Å². The Hall–Kier alpha value is -0.160. The summed E-state index contributed by atoms with van der Waals surface area (Å²) in [5, 5.41) is 13.0.